The molecule has 0 spiro atoms. The Morgan fingerprint density at radius 1 is 1.47 bits per heavy atom. The van der Waals surface area contributed by atoms with Crippen LogP contribution in [0.5, 0.6) is 5.75 Å². The predicted octanol–water partition coefficient (Wildman–Crippen LogP) is 3.04. The van der Waals surface area contributed by atoms with E-state index >= 15 is 0 Å². The third-order valence-electron chi connectivity index (χ3n) is 1.97. The number of rotatable bonds is 5. The first kappa shape index (κ1) is 12.0. The van der Waals surface area contributed by atoms with Crippen LogP contribution in [0.1, 0.15) is 23.2 Å². The second-order valence-corrected chi connectivity index (χ2v) is 3.47. The third kappa shape index (κ3) is 3.51. The average molecular weight is 231 g/mol. The molecule has 0 heterocycles. The Labute approximate surface area is 93.0 Å². The Balaban J connectivity index is 2.83. The third-order valence-corrected chi connectivity index (χ3v) is 2.23. The van der Waals surface area contributed by atoms with Gasteiger partial charge in [-0.2, -0.15) is 0 Å². The Bertz CT molecular complexity index is 352. The number of ketones is 1. The number of hydrogen-bond donors (Lipinski definition) is 0. The molecule has 15 heavy (non-hydrogen) atoms. The molecule has 0 aliphatic carbocycles. The fraction of sp³-hybridized carbons (Fsp3) is 0.364. The van der Waals surface area contributed by atoms with Crippen molar-refractivity contribution in [3.05, 3.63) is 29.6 Å². The Kier molecular flexibility index (Phi) is 4.56. The molecule has 0 aromatic heterocycles. The molecule has 0 amide bonds. The summed E-state index contributed by atoms with van der Waals surface area (Å²) in [5, 5.41) is 0. The lowest BCUT2D eigenvalue weighted by atomic mass is 10.1. The first-order valence-electron chi connectivity index (χ1n) is 4.61. The number of Topliss-reactive ketones (excluding diaryl/α,β-unsaturated/α-hetero) is 1. The van der Waals surface area contributed by atoms with Crippen LogP contribution in [0.2, 0.25) is 0 Å². The van der Waals surface area contributed by atoms with E-state index in [9.17, 15) is 9.18 Å². The van der Waals surface area contributed by atoms with Gasteiger partial charge in [-0.1, -0.05) is 0 Å². The molecule has 0 aliphatic rings. The summed E-state index contributed by atoms with van der Waals surface area (Å²) < 4.78 is 17.9. The van der Waals surface area contributed by atoms with Gasteiger partial charge >= 0.3 is 0 Å². The summed E-state index contributed by atoms with van der Waals surface area (Å²) in [7, 11) is 1.43. The van der Waals surface area contributed by atoms with Gasteiger partial charge in [0.15, 0.2) is 5.78 Å². The molecule has 1 aromatic carbocycles. The number of hydrogen-bond acceptors (Lipinski definition) is 2. The maximum absolute atomic E-state index is 13.0. The number of ether oxygens (including phenoxy) is 1. The number of alkyl halides is 1. The van der Waals surface area contributed by atoms with Crippen LogP contribution in [0.15, 0.2) is 18.2 Å². The minimum absolute atomic E-state index is 0.117. The summed E-state index contributed by atoms with van der Waals surface area (Å²) in [6, 6.07) is 3.97. The maximum atomic E-state index is 13.0. The van der Waals surface area contributed by atoms with Crippen molar-refractivity contribution < 1.29 is 13.9 Å². The Hall–Kier alpha value is -1.09. The van der Waals surface area contributed by atoms with E-state index in [0.29, 0.717) is 30.0 Å². The predicted molar refractivity (Wildman–Crippen MR) is 57.2 cm³/mol. The number of halogens is 2. The Morgan fingerprint density at radius 3 is 2.80 bits per heavy atom. The normalized spacial score (nSPS) is 10.1. The van der Waals surface area contributed by atoms with Gasteiger partial charge in [0.1, 0.15) is 11.6 Å². The number of methoxy groups -OCH3 is 1. The highest BCUT2D eigenvalue weighted by Gasteiger charge is 2.08. The summed E-state index contributed by atoms with van der Waals surface area (Å²) >= 11 is 5.47. The molecule has 0 atom stereocenters. The molecule has 1 aromatic rings. The van der Waals surface area contributed by atoms with Crippen molar-refractivity contribution in [2.45, 2.75) is 12.8 Å². The molecular weight excluding hydrogens is 219 g/mol. The lowest BCUT2D eigenvalue weighted by molar-refractivity contribution is 0.0981. The van der Waals surface area contributed by atoms with Crippen LogP contribution >= 0.6 is 11.6 Å². The largest absolute Gasteiger partial charge is 0.497 e. The minimum Gasteiger partial charge on any atom is -0.497 e. The molecule has 1 rings (SSSR count). The fourth-order valence-corrected chi connectivity index (χ4v) is 1.35. The van der Waals surface area contributed by atoms with E-state index < -0.39 is 5.82 Å². The average Bonchev–Trinajstić information content (AvgIpc) is 2.24. The second-order valence-electron chi connectivity index (χ2n) is 3.10. The topological polar surface area (TPSA) is 26.3 Å². The Morgan fingerprint density at radius 2 is 2.20 bits per heavy atom. The maximum Gasteiger partial charge on any atom is 0.163 e. The van der Waals surface area contributed by atoms with Gasteiger partial charge in [-0.25, -0.2) is 4.39 Å². The van der Waals surface area contributed by atoms with Crippen LogP contribution in [-0.2, 0) is 0 Å². The number of carbonyl (C=O) groups is 1. The molecule has 0 fully saturated rings. The molecule has 0 N–H and O–H groups in total. The number of benzene rings is 1. The van der Waals surface area contributed by atoms with Crippen molar-refractivity contribution in [1.82, 2.24) is 0 Å². The van der Waals surface area contributed by atoms with Crippen molar-refractivity contribution in [1.29, 1.82) is 0 Å². The van der Waals surface area contributed by atoms with Crippen LogP contribution < -0.4 is 4.74 Å². The van der Waals surface area contributed by atoms with Crippen molar-refractivity contribution >= 4 is 17.4 Å². The van der Waals surface area contributed by atoms with Gasteiger partial charge in [0.05, 0.1) is 7.11 Å². The van der Waals surface area contributed by atoms with E-state index in [1.54, 1.807) is 0 Å². The van der Waals surface area contributed by atoms with E-state index in [0.717, 1.165) is 0 Å². The van der Waals surface area contributed by atoms with Crippen LogP contribution in [0.3, 0.4) is 0 Å². The van der Waals surface area contributed by atoms with Crippen molar-refractivity contribution in [3.63, 3.8) is 0 Å². The van der Waals surface area contributed by atoms with Gasteiger partial charge in [-0.3, -0.25) is 4.79 Å². The monoisotopic (exact) mass is 230 g/mol. The highest BCUT2D eigenvalue weighted by molar-refractivity contribution is 6.18. The molecular formula is C11H12ClFO2. The van der Waals surface area contributed by atoms with E-state index in [2.05, 4.69) is 0 Å². The summed E-state index contributed by atoms with van der Waals surface area (Å²) in [4.78, 5) is 11.5. The SMILES string of the molecule is COc1cc(F)cc(C(=O)CCCCl)c1. The van der Waals surface area contributed by atoms with Gasteiger partial charge in [0.2, 0.25) is 0 Å². The summed E-state index contributed by atoms with van der Waals surface area (Å²) in [5.74, 6) is 0.194. The molecule has 0 saturated heterocycles. The van der Waals surface area contributed by atoms with Gasteiger partial charge in [-0.15, -0.1) is 11.6 Å². The smallest absolute Gasteiger partial charge is 0.163 e. The molecule has 0 radical (unpaired) electrons. The van der Waals surface area contributed by atoms with Crippen molar-refractivity contribution in [2.24, 2.45) is 0 Å². The van der Waals surface area contributed by atoms with E-state index in [4.69, 9.17) is 16.3 Å². The lowest BCUT2D eigenvalue weighted by Crippen LogP contribution is -2.00. The molecule has 0 bridgehead atoms. The lowest BCUT2D eigenvalue weighted by Gasteiger charge is -2.04. The molecule has 4 heteroatoms. The van der Waals surface area contributed by atoms with E-state index in [1.807, 2.05) is 0 Å². The van der Waals surface area contributed by atoms with Crippen molar-refractivity contribution in [3.8, 4) is 5.75 Å². The van der Waals surface area contributed by atoms with Crippen LogP contribution in [0.4, 0.5) is 4.39 Å². The van der Waals surface area contributed by atoms with Crippen LogP contribution in [0, 0.1) is 5.82 Å². The van der Waals surface area contributed by atoms with E-state index in [-0.39, 0.29) is 5.78 Å². The number of carbonyl (C=O) groups excluding carboxylic acids is 1. The molecule has 0 aliphatic heterocycles. The highest BCUT2D eigenvalue weighted by atomic mass is 35.5. The zero-order valence-corrected chi connectivity index (χ0v) is 9.18. The first-order chi connectivity index (χ1) is 7.17. The zero-order valence-electron chi connectivity index (χ0n) is 8.43. The quantitative estimate of drug-likeness (QED) is 0.574. The standard InChI is InChI=1S/C11H12ClFO2/c1-15-10-6-8(5-9(13)7-10)11(14)3-2-4-12/h5-7H,2-4H2,1H3. The summed E-state index contributed by atoms with van der Waals surface area (Å²) in [6.45, 7) is 0. The van der Waals surface area contributed by atoms with Gasteiger partial charge in [-0.05, 0) is 18.6 Å². The van der Waals surface area contributed by atoms with Gasteiger partial charge in [0, 0.05) is 23.9 Å². The van der Waals surface area contributed by atoms with E-state index in [1.165, 1.54) is 25.3 Å². The zero-order chi connectivity index (χ0) is 11.3. The highest BCUT2D eigenvalue weighted by Crippen LogP contribution is 2.17. The van der Waals surface area contributed by atoms with Gasteiger partial charge < -0.3 is 4.74 Å². The molecule has 0 saturated carbocycles. The second kappa shape index (κ2) is 5.71. The summed E-state index contributed by atoms with van der Waals surface area (Å²) in [5.41, 5.74) is 0.331. The molecule has 0 unspecified atom stereocenters. The fourth-order valence-electron chi connectivity index (χ4n) is 1.21. The minimum atomic E-state index is -0.469. The van der Waals surface area contributed by atoms with Gasteiger partial charge in [0.25, 0.3) is 0 Å². The van der Waals surface area contributed by atoms with Crippen molar-refractivity contribution in [2.75, 3.05) is 13.0 Å². The first-order valence-corrected chi connectivity index (χ1v) is 5.14. The summed E-state index contributed by atoms with van der Waals surface area (Å²) in [6.07, 6.45) is 0.926. The van der Waals surface area contributed by atoms with Crippen LogP contribution in [-0.4, -0.2) is 18.8 Å². The molecule has 82 valence electrons. The van der Waals surface area contributed by atoms with Crippen LogP contribution in [0.25, 0.3) is 0 Å². The molecule has 2 nitrogen and oxygen atoms in total.